The van der Waals surface area contributed by atoms with Crippen LogP contribution in [0.15, 0.2) is 51.3 Å². The lowest BCUT2D eigenvalue weighted by atomic mass is 10.0. The van der Waals surface area contributed by atoms with Gasteiger partial charge < -0.3 is 24.0 Å². The Kier molecular flexibility index (Phi) is 6.70. The Morgan fingerprint density at radius 1 is 1.26 bits per heavy atom. The molecule has 3 heterocycles. The Morgan fingerprint density at radius 3 is 2.65 bits per heavy atom. The Balaban J connectivity index is 0.000000231. The summed E-state index contributed by atoms with van der Waals surface area (Å²) in [6.07, 6.45) is 1.20. The minimum Gasteiger partial charge on any atom is -0.480 e. The number of carbonyl (C=O) groups excluding carboxylic acids is 1. The van der Waals surface area contributed by atoms with Gasteiger partial charge in [0.1, 0.15) is 22.7 Å². The van der Waals surface area contributed by atoms with Crippen molar-refractivity contribution >= 4 is 40.8 Å². The van der Waals surface area contributed by atoms with Gasteiger partial charge in [0.2, 0.25) is 0 Å². The zero-order valence-electron chi connectivity index (χ0n) is 18.6. The van der Waals surface area contributed by atoms with E-state index in [-0.39, 0.29) is 0 Å². The fourth-order valence-corrected chi connectivity index (χ4v) is 4.16. The van der Waals surface area contributed by atoms with E-state index >= 15 is 0 Å². The Labute approximate surface area is 199 Å². The fraction of sp³-hybridized carbons (Fsp3) is 0.240. The lowest BCUT2D eigenvalue weighted by Gasteiger charge is -2.03. The number of anilines is 1. The van der Waals surface area contributed by atoms with Crippen LogP contribution in [-0.4, -0.2) is 29.0 Å². The van der Waals surface area contributed by atoms with Gasteiger partial charge in [-0.05, 0) is 54.8 Å². The van der Waals surface area contributed by atoms with Crippen LogP contribution in [0.3, 0.4) is 0 Å². The van der Waals surface area contributed by atoms with Gasteiger partial charge in [-0.3, -0.25) is 9.59 Å². The smallest absolute Gasteiger partial charge is 0.317 e. The summed E-state index contributed by atoms with van der Waals surface area (Å²) in [5.74, 6) is 6.40. The van der Waals surface area contributed by atoms with Crippen molar-refractivity contribution < 1.29 is 28.3 Å². The fourth-order valence-electron chi connectivity index (χ4n) is 3.40. The van der Waals surface area contributed by atoms with Crippen LogP contribution in [0.2, 0.25) is 0 Å². The summed E-state index contributed by atoms with van der Waals surface area (Å²) in [5, 5.41) is 13.1. The van der Waals surface area contributed by atoms with Crippen molar-refractivity contribution in [2.24, 2.45) is 0 Å². The Hall–Kier alpha value is -4.03. The number of fused-ring (bicyclic) bond motifs is 1. The van der Waals surface area contributed by atoms with Gasteiger partial charge >= 0.3 is 5.97 Å². The second-order valence-corrected chi connectivity index (χ2v) is 8.49. The third kappa shape index (κ3) is 4.82. The number of aromatic nitrogens is 1. The molecule has 0 bridgehead atoms. The highest BCUT2D eigenvalue weighted by Gasteiger charge is 2.54. The standard InChI is InChI=1S/C17H14N2O4S.C8H8O2/c1-9-14(18-2)12(24-19-9)4-3-11-7-10-8-13(23-15(10)22-11)17(5-6-17)16(20)21;9-7-10-6-8-4-2-1-3-5-8/h7-8,18H,5-6H2,1-2H3,(H,20,21);1-5,7H,6H2. The van der Waals surface area contributed by atoms with Gasteiger partial charge in [-0.25, -0.2) is 0 Å². The van der Waals surface area contributed by atoms with E-state index in [0.29, 0.717) is 43.2 Å². The number of hydrogen-bond donors (Lipinski definition) is 2. The first-order valence-corrected chi connectivity index (χ1v) is 11.3. The number of benzene rings is 1. The minimum absolute atomic E-state index is 0.316. The van der Waals surface area contributed by atoms with Crippen molar-refractivity contribution in [1.82, 2.24) is 4.37 Å². The summed E-state index contributed by atoms with van der Waals surface area (Å²) in [6.45, 7) is 2.74. The van der Waals surface area contributed by atoms with Crippen LogP contribution in [0, 0.1) is 18.8 Å². The number of nitrogens with one attached hydrogen (secondary N) is 1. The molecule has 0 atom stereocenters. The first kappa shape index (κ1) is 23.1. The lowest BCUT2D eigenvalue weighted by molar-refractivity contribution is -0.140. The van der Waals surface area contributed by atoms with Crippen molar-refractivity contribution in [1.29, 1.82) is 0 Å². The zero-order valence-corrected chi connectivity index (χ0v) is 19.4. The number of carbonyl (C=O) groups is 2. The number of aryl methyl sites for hydroxylation is 1. The highest BCUT2D eigenvalue weighted by atomic mass is 32.1. The molecule has 0 spiro atoms. The average molecular weight is 479 g/mol. The molecule has 4 aromatic rings. The molecule has 1 saturated carbocycles. The predicted octanol–water partition coefficient (Wildman–Crippen LogP) is 4.71. The maximum Gasteiger partial charge on any atom is 0.317 e. The molecule has 0 radical (unpaired) electrons. The highest BCUT2D eigenvalue weighted by molar-refractivity contribution is 7.07. The van der Waals surface area contributed by atoms with Crippen LogP contribution in [0.4, 0.5) is 5.69 Å². The van der Waals surface area contributed by atoms with Gasteiger partial charge in [0.05, 0.1) is 16.8 Å². The van der Waals surface area contributed by atoms with Crippen LogP contribution >= 0.6 is 11.5 Å². The summed E-state index contributed by atoms with van der Waals surface area (Å²) in [6, 6.07) is 13.0. The molecule has 8 nitrogen and oxygen atoms in total. The van der Waals surface area contributed by atoms with E-state index in [1.54, 1.807) is 12.1 Å². The van der Waals surface area contributed by atoms with E-state index in [4.69, 9.17) is 8.83 Å². The third-order valence-corrected chi connectivity index (χ3v) is 6.27. The first-order chi connectivity index (χ1) is 16.5. The summed E-state index contributed by atoms with van der Waals surface area (Å²) < 4.78 is 20.0. The van der Waals surface area contributed by atoms with Crippen molar-refractivity contribution in [3.8, 4) is 11.8 Å². The second kappa shape index (κ2) is 9.85. The Bertz CT molecular complexity index is 1340. The van der Waals surface area contributed by atoms with Gasteiger partial charge in [-0.15, -0.1) is 0 Å². The number of nitrogens with zero attached hydrogens (tertiary/aromatic N) is 1. The van der Waals surface area contributed by atoms with Crippen LogP contribution in [0.25, 0.3) is 11.2 Å². The van der Waals surface area contributed by atoms with Crippen molar-refractivity contribution in [3.63, 3.8) is 0 Å². The quantitative estimate of drug-likeness (QED) is 0.303. The van der Waals surface area contributed by atoms with Crippen molar-refractivity contribution in [3.05, 3.63) is 70.1 Å². The second-order valence-electron chi connectivity index (χ2n) is 7.72. The van der Waals surface area contributed by atoms with Gasteiger partial charge in [0.25, 0.3) is 12.3 Å². The normalized spacial score (nSPS) is 13.2. The number of hydrogen-bond acceptors (Lipinski definition) is 8. The molecule has 2 N–H and O–H groups in total. The van der Waals surface area contributed by atoms with E-state index in [1.165, 1.54) is 11.5 Å². The number of carboxylic acids is 1. The number of rotatable bonds is 6. The molecule has 1 aliphatic carbocycles. The molecular formula is C25H22N2O6S. The minimum atomic E-state index is -0.866. The molecule has 0 amide bonds. The summed E-state index contributed by atoms with van der Waals surface area (Å²) >= 11 is 1.33. The molecule has 174 valence electrons. The lowest BCUT2D eigenvalue weighted by Crippen LogP contribution is -2.18. The van der Waals surface area contributed by atoms with Gasteiger partial charge in [0.15, 0.2) is 5.76 Å². The van der Waals surface area contributed by atoms with Crippen LogP contribution < -0.4 is 5.32 Å². The number of carboxylic acid groups (broad SMARTS) is 1. The maximum atomic E-state index is 11.3. The van der Waals surface area contributed by atoms with E-state index in [1.807, 2.05) is 44.3 Å². The molecular weight excluding hydrogens is 456 g/mol. The molecule has 1 aromatic carbocycles. The van der Waals surface area contributed by atoms with E-state index < -0.39 is 11.4 Å². The molecule has 1 fully saturated rings. The molecule has 1 aliphatic rings. The van der Waals surface area contributed by atoms with E-state index in [2.05, 4.69) is 26.3 Å². The van der Waals surface area contributed by atoms with Crippen LogP contribution in [0.5, 0.6) is 0 Å². The maximum absolute atomic E-state index is 11.3. The van der Waals surface area contributed by atoms with Gasteiger partial charge in [-0.2, -0.15) is 4.37 Å². The van der Waals surface area contributed by atoms with Crippen LogP contribution in [0.1, 0.15) is 40.5 Å². The van der Waals surface area contributed by atoms with Crippen LogP contribution in [-0.2, 0) is 26.3 Å². The summed E-state index contributed by atoms with van der Waals surface area (Å²) in [4.78, 5) is 21.9. The molecule has 5 rings (SSSR count). The largest absolute Gasteiger partial charge is 0.480 e. The number of aliphatic carboxylic acids is 1. The average Bonchev–Trinajstić information content (AvgIpc) is 3.25. The van der Waals surface area contributed by atoms with Crippen molar-refractivity contribution in [2.45, 2.75) is 31.8 Å². The topological polar surface area (TPSA) is 115 Å². The Morgan fingerprint density at radius 2 is 2.03 bits per heavy atom. The molecule has 0 unspecified atom stereocenters. The predicted molar refractivity (Wildman–Crippen MR) is 127 cm³/mol. The number of furan rings is 2. The van der Waals surface area contributed by atoms with Gasteiger partial charge in [0, 0.05) is 13.1 Å². The van der Waals surface area contributed by atoms with Crippen molar-refractivity contribution in [2.75, 3.05) is 12.4 Å². The highest BCUT2D eigenvalue weighted by Crippen LogP contribution is 2.50. The van der Waals surface area contributed by atoms with E-state index in [0.717, 1.165) is 27.2 Å². The monoisotopic (exact) mass is 478 g/mol. The first-order valence-electron chi connectivity index (χ1n) is 10.5. The molecule has 0 saturated heterocycles. The molecule has 9 heteroatoms. The third-order valence-electron chi connectivity index (χ3n) is 5.42. The van der Waals surface area contributed by atoms with Gasteiger partial charge in [-0.1, -0.05) is 30.3 Å². The summed E-state index contributed by atoms with van der Waals surface area (Å²) in [5.41, 5.74) is 1.97. The summed E-state index contributed by atoms with van der Waals surface area (Å²) in [7, 11) is 1.83. The molecule has 34 heavy (non-hydrogen) atoms. The number of ether oxygens (including phenoxy) is 1. The SMILES string of the molecule is CNc1c(C)nsc1C#Cc1cc2cc(C3(C(=O)O)CC3)oc2o1.O=COCc1ccccc1. The molecule has 3 aromatic heterocycles. The molecule has 0 aliphatic heterocycles. The van der Waals surface area contributed by atoms with E-state index in [9.17, 15) is 14.7 Å². The zero-order chi connectivity index (χ0) is 24.1.